The highest BCUT2D eigenvalue weighted by Crippen LogP contribution is 2.58. The van der Waals surface area contributed by atoms with E-state index < -0.39 is 64.3 Å². The first-order valence-corrected chi connectivity index (χ1v) is 10.6. The van der Waals surface area contributed by atoms with E-state index in [0.29, 0.717) is 24.0 Å². The van der Waals surface area contributed by atoms with E-state index in [2.05, 4.69) is 5.32 Å². The van der Waals surface area contributed by atoms with E-state index in [0.717, 1.165) is 19.0 Å². The maximum atomic E-state index is 13.8. The van der Waals surface area contributed by atoms with Crippen LogP contribution in [0, 0.1) is 29.3 Å². The van der Waals surface area contributed by atoms with Gasteiger partial charge >= 0.3 is 0 Å². The molecule has 172 valence electrons. The molecule has 5 atom stereocenters. The van der Waals surface area contributed by atoms with Crippen molar-refractivity contribution >= 4 is 11.8 Å². The largest absolute Gasteiger partial charge is 0.503 e. The number of ether oxygens (including phenoxy) is 1. The zero-order valence-corrected chi connectivity index (χ0v) is 17.1. The number of carbonyl (C=O) groups is 2. The van der Waals surface area contributed by atoms with Gasteiger partial charge in [0.25, 0.3) is 11.8 Å². The second-order valence-electron chi connectivity index (χ2n) is 8.96. The van der Waals surface area contributed by atoms with E-state index in [9.17, 15) is 32.7 Å². The van der Waals surface area contributed by atoms with Crippen molar-refractivity contribution in [1.82, 2.24) is 14.8 Å². The van der Waals surface area contributed by atoms with Gasteiger partial charge in [-0.2, -0.15) is 0 Å². The summed E-state index contributed by atoms with van der Waals surface area (Å²) in [4.78, 5) is 40.1. The summed E-state index contributed by atoms with van der Waals surface area (Å²) in [6.45, 7) is -0.522. The van der Waals surface area contributed by atoms with Crippen molar-refractivity contribution in [3.05, 3.63) is 62.8 Å². The highest BCUT2D eigenvalue weighted by atomic mass is 19.1. The maximum absolute atomic E-state index is 13.8. The monoisotopic (exact) mass is 461 g/mol. The van der Waals surface area contributed by atoms with Crippen molar-refractivity contribution in [2.75, 3.05) is 0 Å². The lowest BCUT2D eigenvalue weighted by Crippen LogP contribution is -2.58. The molecule has 3 heterocycles. The summed E-state index contributed by atoms with van der Waals surface area (Å²) in [6.07, 6.45) is 2.38. The normalized spacial score (nSPS) is 28.8. The van der Waals surface area contributed by atoms with Crippen LogP contribution in [-0.4, -0.2) is 44.8 Å². The summed E-state index contributed by atoms with van der Waals surface area (Å²) in [7, 11) is 0. The summed E-state index contributed by atoms with van der Waals surface area (Å²) < 4.78 is 48.1. The van der Waals surface area contributed by atoms with E-state index in [4.69, 9.17) is 4.74 Å². The fourth-order valence-electron chi connectivity index (χ4n) is 5.54. The Kier molecular flexibility index (Phi) is 4.20. The van der Waals surface area contributed by atoms with Crippen LogP contribution in [0.4, 0.5) is 13.2 Å². The number of aromatic hydroxyl groups is 1. The minimum Gasteiger partial charge on any atom is -0.503 e. The third-order valence-corrected chi connectivity index (χ3v) is 7.16. The molecule has 2 aromatic rings. The number of aromatic nitrogens is 1. The third-order valence-electron chi connectivity index (χ3n) is 7.16. The van der Waals surface area contributed by atoms with Crippen molar-refractivity contribution in [1.29, 1.82) is 0 Å². The van der Waals surface area contributed by atoms with Crippen LogP contribution in [-0.2, 0) is 17.8 Å². The van der Waals surface area contributed by atoms with Crippen LogP contribution in [0.15, 0.2) is 23.1 Å². The number of amides is 2. The fraction of sp³-hybridized carbons (Fsp3) is 0.409. The van der Waals surface area contributed by atoms with Crippen molar-refractivity contribution < 1.29 is 32.6 Å². The Labute approximate surface area is 184 Å². The molecule has 2 N–H and O–H groups in total. The molecule has 0 spiro atoms. The topological polar surface area (TPSA) is 101 Å². The number of hydrogen-bond acceptors (Lipinski definition) is 5. The molecule has 2 aliphatic carbocycles. The molecular formula is C22H18F3N3O5. The van der Waals surface area contributed by atoms with Gasteiger partial charge in [-0.05, 0) is 24.7 Å². The van der Waals surface area contributed by atoms with Gasteiger partial charge in [0.05, 0.1) is 12.6 Å². The van der Waals surface area contributed by atoms with Gasteiger partial charge < -0.3 is 24.6 Å². The van der Waals surface area contributed by atoms with E-state index in [-0.39, 0.29) is 24.4 Å². The van der Waals surface area contributed by atoms with Crippen LogP contribution >= 0.6 is 0 Å². The Hall–Kier alpha value is -3.34. The van der Waals surface area contributed by atoms with Crippen LogP contribution in [0.3, 0.4) is 0 Å². The van der Waals surface area contributed by atoms with Crippen LogP contribution in [0.5, 0.6) is 5.75 Å². The van der Waals surface area contributed by atoms with Crippen LogP contribution in [0.2, 0.25) is 0 Å². The minimum atomic E-state index is -1.19. The molecule has 3 fully saturated rings. The summed E-state index contributed by atoms with van der Waals surface area (Å²) in [5, 5.41) is 12.7. The van der Waals surface area contributed by atoms with Crippen molar-refractivity contribution in [3.8, 4) is 5.75 Å². The number of carbonyl (C=O) groups excluding carboxylic acids is 2. The number of benzene rings is 1. The standard InChI is InChI=1S/C22H18F3N3O5/c23-8-1-13(24)11(14(25)2-8)5-26-21(31)12-6-27-7-17-28(22(32)18(27)20(30)19(12)29)15-4-16(33-17)10-3-9(10)15/h1-2,6,9-10,15-17,30H,3-5,7H2,(H,26,31)/t9-,10+,15-,16+,17?/m0/s1. The van der Waals surface area contributed by atoms with Gasteiger partial charge in [0.15, 0.2) is 17.7 Å². The lowest BCUT2D eigenvalue weighted by Gasteiger charge is -2.45. The zero-order chi connectivity index (χ0) is 23.2. The van der Waals surface area contributed by atoms with Crippen molar-refractivity contribution in [3.63, 3.8) is 0 Å². The highest BCUT2D eigenvalue weighted by molar-refractivity contribution is 5.99. The Bertz CT molecular complexity index is 1270. The lowest BCUT2D eigenvalue weighted by atomic mass is 10.0. The predicted octanol–water partition coefficient (Wildman–Crippen LogP) is 1.49. The lowest BCUT2D eigenvalue weighted by molar-refractivity contribution is -0.144. The second kappa shape index (κ2) is 6.83. The number of rotatable bonds is 3. The molecule has 1 aromatic heterocycles. The summed E-state index contributed by atoms with van der Waals surface area (Å²) in [5.41, 5.74) is -2.36. The number of hydrogen-bond donors (Lipinski definition) is 2. The molecule has 2 aliphatic heterocycles. The van der Waals surface area contributed by atoms with Crippen molar-refractivity contribution in [2.45, 2.75) is 44.3 Å². The van der Waals surface area contributed by atoms with Crippen LogP contribution in [0.25, 0.3) is 0 Å². The molecular weight excluding hydrogens is 443 g/mol. The molecule has 1 unspecified atom stereocenters. The van der Waals surface area contributed by atoms with Gasteiger partial charge in [-0.15, -0.1) is 0 Å². The average Bonchev–Trinajstić information content (AvgIpc) is 3.50. The fourth-order valence-corrected chi connectivity index (χ4v) is 5.54. The van der Waals surface area contributed by atoms with E-state index in [1.165, 1.54) is 4.57 Å². The van der Waals surface area contributed by atoms with Gasteiger partial charge in [0, 0.05) is 36.5 Å². The molecule has 8 nitrogen and oxygen atoms in total. The zero-order valence-electron chi connectivity index (χ0n) is 17.1. The Morgan fingerprint density at radius 2 is 1.88 bits per heavy atom. The Morgan fingerprint density at radius 1 is 1.15 bits per heavy atom. The molecule has 1 saturated heterocycles. The highest BCUT2D eigenvalue weighted by Gasteiger charge is 2.63. The quantitative estimate of drug-likeness (QED) is 0.722. The summed E-state index contributed by atoms with van der Waals surface area (Å²) >= 11 is 0. The van der Waals surface area contributed by atoms with Gasteiger partial charge in [0.1, 0.15) is 23.0 Å². The molecule has 0 radical (unpaired) electrons. The maximum Gasteiger partial charge on any atom is 0.276 e. The minimum absolute atomic E-state index is 0.0120. The number of nitrogens with zero attached hydrogens (tertiary/aromatic N) is 2. The molecule has 6 rings (SSSR count). The smallest absolute Gasteiger partial charge is 0.276 e. The number of pyridine rings is 1. The second-order valence-corrected chi connectivity index (χ2v) is 8.96. The number of nitrogens with one attached hydrogen (secondary N) is 1. The van der Waals surface area contributed by atoms with Gasteiger partial charge in [-0.1, -0.05) is 0 Å². The Morgan fingerprint density at radius 3 is 2.61 bits per heavy atom. The van der Waals surface area contributed by atoms with E-state index >= 15 is 0 Å². The van der Waals surface area contributed by atoms with Crippen molar-refractivity contribution in [2.24, 2.45) is 11.8 Å². The SMILES string of the molecule is O=C(NCc1c(F)cc(F)cc1F)c1cn2c(c(O)c1=O)C(=O)N1C(C2)O[C@@H]2C[C@H]1[C@H]1C[C@H]12. The first-order chi connectivity index (χ1) is 15.7. The summed E-state index contributed by atoms with van der Waals surface area (Å²) in [5.74, 6) is -5.07. The first kappa shape index (κ1) is 20.3. The third kappa shape index (κ3) is 2.91. The van der Waals surface area contributed by atoms with E-state index in [1.54, 1.807) is 4.90 Å². The van der Waals surface area contributed by atoms with Gasteiger partial charge in [-0.3, -0.25) is 14.4 Å². The number of fused-ring (bicyclic) bond motifs is 8. The molecule has 4 aliphatic rings. The molecule has 2 bridgehead atoms. The van der Waals surface area contributed by atoms with Crippen LogP contribution in [0.1, 0.15) is 39.3 Å². The molecule has 33 heavy (non-hydrogen) atoms. The van der Waals surface area contributed by atoms with Crippen LogP contribution < -0.4 is 10.7 Å². The van der Waals surface area contributed by atoms with Gasteiger partial charge in [0.2, 0.25) is 5.43 Å². The molecule has 2 amide bonds. The predicted molar refractivity (Wildman–Crippen MR) is 105 cm³/mol. The summed E-state index contributed by atoms with van der Waals surface area (Å²) in [6, 6.07) is 0.962. The molecule has 1 aromatic carbocycles. The van der Waals surface area contributed by atoms with E-state index in [1.807, 2.05) is 0 Å². The first-order valence-electron chi connectivity index (χ1n) is 10.6. The number of halogens is 3. The molecule has 11 heteroatoms. The molecule has 2 saturated carbocycles. The average molecular weight is 461 g/mol. The Balaban J connectivity index is 1.30. The van der Waals surface area contributed by atoms with Gasteiger partial charge in [-0.25, -0.2) is 13.2 Å².